The van der Waals surface area contributed by atoms with E-state index >= 15 is 0 Å². The summed E-state index contributed by atoms with van der Waals surface area (Å²) < 4.78 is 5.09. The van der Waals surface area contributed by atoms with Crippen molar-refractivity contribution in [2.45, 2.75) is 26.8 Å². The smallest absolute Gasteiger partial charge is 0.319 e. The number of H-pyrrole nitrogens is 1. The van der Waals surface area contributed by atoms with Gasteiger partial charge in [-0.3, -0.25) is 0 Å². The molecule has 3 aromatic rings. The summed E-state index contributed by atoms with van der Waals surface area (Å²) in [4.78, 5) is 19.5. The van der Waals surface area contributed by atoms with E-state index in [1.165, 1.54) is 0 Å². The highest BCUT2D eigenvalue weighted by molar-refractivity contribution is 5.90. The lowest BCUT2D eigenvalue weighted by Gasteiger charge is -2.06. The van der Waals surface area contributed by atoms with Crippen molar-refractivity contribution in [1.29, 1.82) is 0 Å². The van der Waals surface area contributed by atoms with E-state index in [0.717, 1.165) is 17.0 Å². The Bertz CT molecular complexity index is 823. The quantitative estimate of drug-likeness (QED) is 0.671. The number of carbonyl (C=O) groups is 1. The predicted molar refractivity (Wildman–Crippen MR) is 90.5 cm³/mol. The van der Waals surface area contributed by atoms with Crippen molar-refractivity contribution in [2.75, 3.05) is 5.32 Å². The molecule has 7 nitrogen and oxygen atoms in total. The zero-order valence-corrected chi connectivity index (χ0v) is 13.6. The van der Waals surface area contributed by atoms with E-state index in [1.807, 2.05) is 37.3 Å². The number of nitrogens with one attached hydrogen (secondary N) is 3. The van der Waals surface area contributed by atoms with Gasteiger partial charge in [-0.15, -0.1) is 0 Å². The number of hydrogen-bond donors (Lipinski definition) is 3. The number of imidazole rings is 1. The van der Waals surface area contributed by atoms with Crippen LogP contribution in [0.1, 0.15) is 24.2 Å². The van der Waals surface area contributed by atoms with Crippen molar-refractivity contribution in [3.8, 4) is 11.3 Å². The summed E-state index contributed by atoms with van der Waals surface area (Å²) >= 11 is 0. The zero-order valence-electron chi connectivity index (χ0n) is 13.6. The van der Waals surface area contributed by atoms with Gasteiger partial charge in [-0.05, 0) is 18.9 Å². The van der Waals surface area contributed by atoms with E-state index in [1.54, 1.807) is 13.1 Å². The lowest BCUT2D eigenvalue weighted by molar-refractivity contribution is 0.251. The Labute approximate surface area is 139 Å². The van der Waals surface area contributed by atoms with Crippen molar-refractivity contribution in [3.05, 3.63) is 53.8 Å². The molecule has 0 radical (unpaired) electrons. The third kappa shape index (κ3) is 3.45. The molecule has 0 bridgehead atoms. The summed E-state index contributed by atoms with van der Waals surface area (Å²) in [6.07, 6.45) is 2.44. The lowest BCUT2D eigenvalue weighted by atomic mass is 10.2. The summed E-state index contributed by atoms with van der Waals surface area (Å²) in [7, 11) is 0. The van der Waals surface area contributed by atoms with Gasteiger partial charge in [0.05, 0.1) is 18.4 Å². The molecule has 24 heavy (non-hydrogen) atoms. The predicted octanol–water partition coefficient (Wildman–Crippen LogP) is 3.26. The minimum absolute atomic E-state index is 0.296. The molecule has 124 valence electrons. The van der Waals surface area contributed by atoms with Crippen molar-refractivity contribution in [2.24, 2.45) is 0 Å². The molecule has 1 aromatic carbocycles. The number of carbonyl (C=O) groups excluding carboxylic acids is 1. The average molecular weight is 325 g/mol. The molecule has 2 aromatic heterocycles. The second-order valence-corrected chi connectivity index (χ2v) is 5.33. The second-order valence-electron chi connectivity index (χ2n) is 5.33. The number of urea groups is 1. The molecule has 0 atom stereocenters. The van der Waals surface area contributed by atoms with Crippen molar-refractivity contribution >= 4 is 11.7 Å². The number of aromatic nitrogens is 3. The van der Waals surface area contributed by atoms with Crippen molar-refractivity contribution < 1.29 is 9.32 Å². The normalized spacial score (nSPS) is 10.6. The van der Waals surface area contributed by atoms with Gasteiger partial charge in [0.25, 0.3) is 0 Å². The first-order valence-electron chi connectivity index (χ1n) is 7.76. The first kappa shape index (κ1) is 15.8. The lowest BCUT2D eigenvalue weighted by Crippen LogP contribution is -2.29. The Morgan fingerprint density at radius 3 is 2.83 bits per heavy atom. The van der Waals surface area contributed by atoms with Crippen LogP contribution in [0.15, 0.2) is 41.1 Å². The Hall–Kier alpha value is -3.09. The van der Waals surface area contributed by atoms with Gasteiger partial charge in [0.2, 0.25) is 0 Å². The van der Waals surface area contributed by atoms with Crippen LogP contribution in [0, 0.1) is 6.92 Å². The summed E-state index contributed by atoms with van der Waals surface area (Å²) in [5.41, 5.74) is 3.32. The van der Waals surface area contributed by atoms with E-state index in [2.05, 4.69) is 25.8 Å². The van der Waals surface area contributed by atoms with Gasteiger partial charge >= 0.3 is 6.03 Å². The van der Waals surface area contributed by atoms with E-state index in [4.69, 9.17) is 4.52 Å². The SMILES string of the molecule is CCc1noc(C)c1NC(=O)NCc1ncc(-c2ccccc2)[nH]1. The maximum atomic E-state index is 12.0. The third-order valence-electron chi connectivity index (χ3n) is 3.64. The fourth-order valence-electron chi connectivity index (χ4n) is 2.36. The molecule has 0 spiro atoms. The summed E-state index contributed by atoms with van der Waals surface area (Å²) in [6.45, 7) is 4.01. The molecule has 3 rings (SSSR count). The van der Waals surface area contributed by atoms with E-state index < -0.39 is 0 Å². The Balaban J connectivity index is 1.59. The molecule has 0 saturated heterocycles. The maximum Gasteiger partial charge on any atom is 0.319 e. The van der Waals surface area contributed by atoms with Gasteiger partial charge in [-0.2, -0.15) is 0 Å². The number of hydrogen-bond acceptors (Lipinski definition) is 4. The van der Waals surface area contributed by atoms with E-state index in [9.17, 15) is 4.79 Å². The van der Waals surface area contributed by atoms with Gasteiger partial charge in [0.1, 0.15) is 17.2 Å². The third-order valence-corrected chi connectivity index (χ3v) is 3.64. The minimum atomic E-state index is -0.325. The fraction of sp³-hybridized carbons (Fsp3) is 0.235. The van der Waals surface area contributed by atoms with Crippen LogP contribution in [0.4, 0.5) is 10.5 Å². The largest absolute Gasteiger partial charge is 0.359 e. The molecular weight excluding hydrogens is 306 g/mol. The molecule has 0 fully saturated rings. The zero-order chi connectivity index (χ0) is 16.9. The van der Waals surface area contributed by atoms with Crippen LogP contribution in [0.5, 0.6) is 0 Å². The molecule has 0 aliphatic heterocycles. The number of amides is 2. The molecule has 2 amide bonds. The number of nitrogens with zero attached hydrogens (tertiary/aromatic N) is 2. The second kappa shape index (κ2) is 6.99. The number of benzene rings is 1. The molecule has 0 aliphatic rings. The molecular formula is C17H19N5O2. The van der Waals surface area contributed by atoms with Crippen LogP contribution in [-0.4, -0.2) is 21.2 Å². The highest BCUT2D eigenvalue weighted by Gasteiger charge is 2.14. The monoisotopic (exact) mass is 325 g/mol. The molecule has 0 unspecified atom stereocenters. The van der Waals surface area contributed by atoms with Gasteiger partial charge < -0.3 is 20.1 Å². The van der Waals surface area contributed by atoms with Crippen LogP contribution >= 0.6 is 0 Å². The number of anilines is 1. The first-order valence-corrected chi connectivity index (χ1v) is 7.76. The van der Waals surface area contributed by atoms with Crippen LogP contribution in [0.25, 0.3) is 11.3 Å². The Morgan fingerprint density at radius 2 is 2.08 bits per heavy atom. The summed E-state index contributed by atoms with van der Waals surface area (Å²) in [5, 5.41) is 9.44. The number of aromatic amines is 1. The number of rotatable bonds is 5. The molecule has 3 N–H and O–H groups in total. The molecule has 0 saturated carbocycles. The fourth-order valence-corrected chi connectivity index (χ4v) is 2.36. The Kier molecular flexibility index (Phi) is 4.60. The summed E-state index contributed by atoms with van der Waals surface area (Å²) in [6, 6.07) is 9.57. The highest BCUT2D eigenvalue weighted by atomic mass is 16.5. The van der Waals surface area contributed by atoms with Crippen molar-refractivity contribution in [1.82, 2.24) is 20.4 Å². The average Bonchev–Trinajstić information content (AvgIpc) is 3.21. The molecule has 0 aliphatic carbocycles. The highest BCUT2D eigenvalue weighted by Crippen LogP contribution is 2.20. The van der Waals surface area contributed by atoms with Gasteiger partial charge in [-0.1, -0.05) is 42.4 Å². The van der Waals surface area contributed by atoms with E-state index in [0.29, 0.717) is 30.2 Å². The number of aryl methyl sites for hydroxylation is 2. The topological polar surface area (TPSA) is 95.8 Å². The van der Waals surface area contributed by atoms with Crippen LogP contribution in [-0.2, 0) is 13.0 Å². The molecule has 2 heterocycles. The summed E-state index contributed by atoms with van der Waals surface area (Å²) in [5.74, 6) is 1.27. The molecule has 7 heteroatoms. The van der Waals surface area contributed by atoms with Gasteiger partial charge in [-0.25, -0.2) is 9.78 Å². The van der Waals surface area contributed by atoms with Crippen LogP contribution in [0.3, 0.4) is 0 Å². The Morgan fingerprint density at radius 1 is 1.29 bits per heavy atom. The van der Waals surface area contributed by atoms with Gasteiger partial charge in [0.15, 0.2) is 5.76 Å². The van der Waals surface area contributed by atoms with Gasteiger partial charge in [0, 0.05) is 0 Å². The van der Waals surface area contributed by atoms with Crippen LogP contribution < -0.4 is 10.6 Å². The van der Waals surface area contributed by atoms with Crippen molar-refractivity contribution in [3.63, 3.8) is 0 Å². The standard InChI is InChI=1S/C17H19N5O2/c1-3-13-16(11(2)24-22-13)21-17(23)19-10-15-18-9-14(20-15)12-7-5-4-6-8-12/h4-9H,3,10H2,1-2H3,(H,18,20)(H2,19,21,23). The van der Waals surface area contributed by atoms with E-state index in [-0.39, 0.29) is 6.03 Å². The first-order chi connectivity index (χ1) is 11.7. The minimum Gasteiger partial charge on any atom is -0.359 e. The maximum absolute atomic E-state index is 12.0. The van der Waals surface area contributed by atoms with Crippen LogP contribution in [0.2, 0.25) is 0 Å².